The molecular weight excluding hydrogens is 484 g/mol. The molecule has 3 aromatic rings. The third-order valence-electron chi connectivity index (χ3n) is 7.95. The lowest BCUT2D eigenvalue weighted by atomic mass is 9.78. The number of carbonyl (C=O) groups excluding carboxylic acids is 2. The molecule has 196 valence electrons. The van der Waals surface area contributed by atoms with Gasteiger partial charge in [-0.05, 0) is 52.8 Å². The number of hydrogen-bond donors (Lipinski definition) is 1. The van der Waals surface area contributed by atoms with Gasteiger partial charge >= 0.3 is 5.97 Å². The van der Waals surface area contributed by atoms with Crippen LogP contribution in [0.4, 0.5) is 0 Å². The Bertz CT molecular complexity index is 1390. The first-order valence-electron chi connectivity index (χ1n) is 12.6. The molecule has 0 aliphatic heterocycles. The second-order valence-electron chi connectivity index (χ2n) is 11.3. The van der Waals surface area contributed by atoms with Gasteiger partial charge in [-0.1, -0.05) is 52.0 Å². The van der Waals surface area contributed by atoms with Gasteiger partial charge in [0.1, 0.15) is 5.75 Å². The fourth-order valence-corrected chi connectivity index (χ4v) is 6.17. The number of rotatable bonds is 7. The van der Waals surface area contributed by atoms with Crippen LogP contribution in [0.25, 0.3) is 21.9 Å². The minimum Gasteiger partial charge on any atom is -0.496 e. The van der Waals surface area contributed by atoms with Gasteiger partial charge in [-0.2, -0.15) is 0 Å². The highest BCUT2D eigenvalue weighted by Gasteiger charge is 2.41. The van der Waals surface area contributed by atoms with Gasteiger partial charge in [0.25, 0.3) is 0 Å². The molecule has 0 heterocycles. The summed E-state index contributed by atoms with van der Waals surface area (Å²) in [7, 11) is 0.655. The van der Waals surface area contributed by atoms with Gasteiger partial charge < -0.3 is 19.0 Å². The topological polar surface area (TPSA) is 82.1 Å². The summed E-state index contributed by atoms with van der Waals surface area (Å²) in [5.41, 5.74) is 3.49. The highest BCUT2D eigenvalue weighted by atomic mass is 28.4. The number of ketones is 1. The molecule has 0 saturated carbocycles. The van der Waals surface area contributed by atoms with Crippen molar-refractivity contribution in [2.24, 2.45) is 5.92 Å². The molecule has 0 unspecified atom stereocenters. The van der Waals surface area contributed by atoms with Crippen molar-refractivity contribution in [3.63, 3.8) is 0 Å². The van der Waals surface area contributed by atoms with Gasteiger partial charge in [-0.15, -0.1) is 0 Å². The number of benzene rings is 3. The zero-order chi connectivity index (χ0) is 27.3. The summed E-state index contributed by atoms with van der Waals surface area (Å²) in [5, 5.41) is 11.7. The molecule has 0 saturated heterocycles. The minimum atomic E-state index is -2.23. The van der Waals surface area contributed by atoms with Crippen LogP contribution in [0, 0.1) is 5.92 Å². The number of aliphatic hydroxyl groups excluding tert-OH is 1. The summed E-state index contributed by atoms with van der Waals surface area (Å²) >= 11 is 0. The first-order valence-corrected chi connectivity index (χ1v) is 15.5. The number of methoxy groups -OCH3 is 2. The first-order chi connectivity index (χ1) is 17.4. The minimum absolute atomic E-state index is 0.0315. The summed E-state index contributed by atoms with van der Waals surface area (Å²) in [6.45, 7) is 12.9. The Morgan fingerprint density at radius 1 is 1.00 bits per heavy atom. The molecule has 3 aromatic carbocycles. The molecule has 37 heavy (non-hydrogen) atoms. The summed E-state index contributed by atoms with van der Waals surface area (Å²) < 4.78 is 17.5. The zero-order valence-electron chi connectivity index (χ0n) is 22.9. The Balaban J connectivity index is 2.08. The largest absolute Gasteiger partial charge is 0.496 e. The van der Waals surface area contributed by atoms with Crippen LogP contribution in [0.1, 0.15) is 65.6 Å². The van der Waals surface area contributed by atoms with E-state index in [4.69, 9.17) is 13.9 Å². The summed E-state index contributed by atoms with van der Waals surface area (Å²) in [6, 6.07) is 12.8. The molecule has 1 N–H and O–H groups in total. The molecule has 6 nitrogen and oxygen atoms in total. The predicted molar refractivity (Wildman–Crippen MR) is 148 cm³/mol. The Hall–Kier alpha value is -3.00. The van der Waals surface area contributed by atoms with E-state index in [9.17, 15) is 14.7 Å². The fourth-order valence-electron chi connectivity index (χ4n) is 4.82. The number of fused-ring (bicyclic) bond motifs is 2. The lowest BCUT2D eigenvalue weighted by Crippen LogP contribution is -2.43. The molecule has 0 spiro atoms. The van der Waals surface area contributed by atoms with Crippen LogP contribution in [-0.2, 0) is 9.16 Å². The van der Waals surface area contributed by atoms with E-state index >= 15 is 0 Å². The van der Waals surface area contributed by atoms with Crippen LogP contribution in [-0.4, -0.2) is 46.0 Å². The van der Waals surface area contributed by atoms with Crippen LogP contribution in [0.3, 0.4) is 0 Å². The summed E-state index contributed by atoms with van der Waals surface area (Å²) in [4.78, 5) is 26.7. The van der Waals surface area contributed by atoms with Crippen molar-refractivity contribution in [1.82, 2.24) is 0 Å². The molecule has 4 rings (SSSR count). The monoisotopic (exact) mass is 520 g/mol. The third kappa shape index (κ3) is 4.39. The van der Waals surface area contributed by atoms with Crippen molar-refractivity contribution in [2.75, 3.05) is 20.8 Å². The predicted octanol–water partition coefficient (Wildman–Crippen LogP) is 6.54. The van der Waals surface area contributed by atoms with Crippen molar-refractivity contribution in [1.29, 1.82) is 0 Å². The van der Waals surface area contributed by atoms with Crippen LogP contribution < -0.4 is 4.74 Å². The van der Waals surface area contributed by atoms with Gasteiger partial charge in [0.15, 0.2) is 14.1 Å². The van der Waals surface area contributed by atoms with Gasteiger partial charge in [-0.3, -0.25) is 4.79 Å². The molecular formula is C30H36O6Si. The fraction of sp³-hybridized carbons (Fsp3) is 0.400. The van der Waals surface area contributed by atoms with Crippen molar-refractivity contribution in [2.45, 2.75) is 51.9 Å². The van der Waals surface area contributed by atoms with Gasteiger partial charge in [0, 0.05) is 29.0 Å². The molecule has 2 atom stereocenters. The van der Waals surface area contributed by atoms with Crippen molar-refractivity contribution in [3.05, 3.63) is 64.7 Å². The maximum absolute atomic E-state index is 13.8. The molecule has 0 amide bonds. The Kier molecular flexibility index (Phi) is 7.09. The quantitative estimate of drug-likeness (QED) is 0.220. The molecule has 7 heteroatoms. The lowest BCUT2D eigenvalue weighted by Gasteiger charge is -2.41. The third-order valence-corrected chi connectivity index (χ3v) is 12.4. The maximum atomic E-state index is 13.8. The summed E-state index contributed by atoms with van der Waals surface area (Å²) in [6.07, 6.45) is -0.390. The van der Waals surface area contributed by atoms with Crippen LogP contribution in [0.15, 0.2) is 42.5 Å². The smallest absolute Gasteiger partial charge is 0.338 e. The van der Waals surface area contributed by atoms with E-state index in [2.05, 4.69) is 33.9 Å². The van der Waals surface area contributed by atoms with Gasteiger partial charge in [0.2, 0.25) is 0 Å². The highest BCUT2D eigenvalue weighted by molar-refractivity contribution is 6.74. The molecule has 0 aromatic heterocycles. The van der Waals surface area contributed by atoms with Crippen molar-refractivity contribution in [3.8, 4) is 16.9 Å². The Labute approximate surface area is 219 Å². The van der Waals surface area contributed by atoms with Crippen molar-refractivity contribution < 1.29 is 28.6 Å². The SMILES string of the molecule is COC(=O)c1ccc2c([C@@H](O[Si](C)(C)C(C)(C)C)[C@H](C)CO)ccc3c2c1-c1cccc(OC)c1C3=O. The number of hydrogen-bond acceptors (Lipinski definition) is 6. The molecule has 0 fully saturated rings. The van der Waals surface area contributed by atoms with E-state index in [1.165, 1.54) is 14.2 Å². The maximum Gasteiger partial charge on any atom is 0.338 e. The second-order valence-corrected chi connectivity index (χ2v) is 16.0. The van der Waals surface area contributed by atoms with E-state index in [1.54, 1.807) is 12.1 Å². The van der Waals surface area contributed by atoms with E-state index in [-0.39, 0.29) is 23.3 Å². The van der Waals surface area contributed by atoms with E-state index in [0.29, 0.717) is 39.0 Å². The second kappa shape index (κ2) is 9.71. The van der Waals surface area contributed by atoms with Crippen LogP contribution >= 0.6 is 0 Å². The van der Waals surface area contributed by atoms with Crippen LogP contribution in [0.2, 0.25) is 18.1 Å². The van der Waals surface area contributed by atoms with Crippen LogP contribution in [0.5, 0.6) is 5.75 Å². The Morgan fingerprint density at radius 3 is 2.30 bits per heavy atom. The number of aliphatic hydroxyl groups is 1. The average Bonchev–Trinajstić information content (AvgIpc) is 2.87. The molecule has 1 aliphatic carbocycles. The summed E-state index contributed by atoms with van der Waals surface area (Å²) in [5.74, 6) is -0.360. The standard InChI is InChI=1S/C30H36O6Si/c1-17(16-31)28(36-37(7,8)30(2,3)4)19-13-14-21-24-18(19)12-15-22(29(33)35-6)25(24)20-10-9-11-23(34-5)26(20)27(21)32/h9-15,17,28,31H,16H2,1-8H3/t17-,28+/m1/s1. The molecule has 0 bridgehead atoms. The molecule has 1 aliphatic rings. The van der Waals surface area contributed by atoms with E-state index in [1.807, 2.05) is 37.3 Å². The lowest BCUT2D eigenvalue weighted by molar-refractivity contribution is 0.0601. The van der Waals surface area contributed by atoms with Gasteiger partial charge in [0.05, 0.1) is 31.5 Å². The first kappa shape index (κ1) is 27.0. The Morgan fingerprint density at radius 2 is 1.70 bits per heavy atom. The number of esters is 1. The van der Waals surface area contributed by atoms with Crippen molar-refractivity contribution >= 4 is 30.8 Å². The number of ether oxygens (including phenoxy) is 2. The number of carbonyl (C=O) groups is 2. The zero-order valence-corrected chi connectivity index (χ0v) is 23.9. The highest BCUT2D eigenvalue weighted by Crippen LogP contribution is 2.48. The van der Waals surface area contributed by atoms with E-state index < -0.39 is 20.4 Å². The normalized spacial score (nSPS) is 14.8. The molecule has 0 radical (unpaired) electrons. The van der Waals surface area contributed by atoms with E-state index in [0.717, 1.165) is 10.9 Å². The van der Waals surface area contributed by atoms with Gasteiger partial charge in [-0.25, -0.2) is 4.79 Å². The average molecular weight is 521 g/mol.